The molecule has 0 radical (unpaired) electrons. The fourth-order valence-electron chi connectivity index (χ4n) is 2.81. The van der Waals surface area contributed by atoms with Gasteiger partial charge >= 0.3 is 21.3 Å². The lowest BCUT2D eigenvalue weighted by molar-refractivity contribution is -0.307. The van der Waals surface area contributed by atoms with E-state index in [2.05, 4.69) is 28.6 Å². The van der Waals surface area contributed by atoms with Gasteiger partial charge in [-0.2, -0.15) is 0 Å². The summed E-state index contributed by atoms with van der Waals surface area (Å²) < 4.78 is 52.5. The molecule has 30 heavy (non-hydrogen) atoms. The Morgan fingerprint density at radius 1 is 1.00 bits per heavy atom. The second kappa shape index (κ2) is 10.5. The Kier molecular flexibility index (Phi) is 9.49. The van der Waals surface area contributed by atoms with Crippen molar-refractivity contribution in [2.75, 3.05) is 19.8 Å². The van der Waals surface area contributed by atoms with E-state index in [9.17, 15) is 34.0 Å². The van der Waals surface area contributed by atoms with Crippen molar-refractivity contribution < 1.29 is 71.6 Å². The number of phosphoric acid groups is 1. The van der Waals surface area contributed by atoms with Crippen LogP contribution in [0.2, 0.25) is 0 Å². The molecule has 2 fully saturated rings. The van der Waals surface area contributed by atoms with Crippen molar-refractivity contribution in [3.63, 3.8) is 0 Å². The Morgan fingerprint density at radius 2 is 1.60 bits per heavy atom. The van der Waals surface area contributed by atoms with E-state index >= 15 is 0 Å². The minimum atomic E-state index is -4.90. The third-order valence-corrected chi connectivity index (χ3v) is 6.00. The van der Waals surface area contributed by atoms with Gasteiger partial charge in [0.2, 0.25) is 0 Å². The van der Waals surface area contributed by atoms with Crippen LogP contribution in [0, 0.1) is 0 Å². The molecule has 1 unspecified atom stereocenters. The van der Waals surface area contributed by atoms with E-state index in [4.69, 9.17) is 33.0 Å². The zero-order chi connectivity index (χ0) is 22.9. The van der Waals surface area contributed by atoms with Gasteiger partial charge in [0, 0.05) is 0 Å². The monoisotopic (exact) mass is 538 g/mol. The fraction of sp³-hybridized carbons (Fsp3) is 1.00. The zero-order valence-electron chi connectivity index (χ0n) is 14.8. The van der Waals surface area contributed by atoms with Crippen LogP contribution in [0.5, 0.6) is 0 Å². The molecule has 15 nitrogen and oxygen atoms in total. The van der Waals surface area contributed by atoms with Crippen molar-refractivity contribution in [1.82, 2.24) is 0 Å². The molecule has 2 aliphatic heterocycles. The summed E-state index contributed by atoms with van der Waals surface area (Å²) in [6.45, 7) is -10.3. The van der Waals surface area contributed by atoms with Crippen molar-refractivity contribution >= 4 is 45.4 Å². The minimum absolute atomic E-state index is 0.215. The van der Waals surface area contributed by atoms with E-state index < -0.39 is 70.9 Å². The molecule has 8 atom stereocenters. The Bertz CT molecular complexity index is 721. The molecule has 0 saturated carbocycles. The predicted octanol–water partition coefficient (Wildman–Crippen LogP) is -2.03. The van der Waals surface area contributed by atoms with Gasteiger partial charge in [0.05, 0.1) is 19.8 Å². The van der Waals surface area contributed by atoms with E-state index in [-0.39, 0.29) is 13.2 Å². The Morgan fingerprint density at radius 3 is 2.10 bits per heavy atom. The van der Waals surface area contributed by atoms with E-state index in [1.165, 1.54) is 0 Å². The van der Waals surface area contributed by atoms with Gasteiger partial charge in [0.25, 0.3) is 0 Å². The highest BCUT2D eigenvalue weighted by Gasteiger charge is 2.52. The van der Waals surface area contributed by atoms with Gasteiger partial charge in [-0.25, -0.2) is 9.13 Å². The summed E-state index contributed by atoms with van der Waals surface area (Å²) in [7, 11) is -4.90. The summed E-state index contributed by atoms with van der Waals surface area (Å²) in [4.78, 5) is 46.2. The van der Waals surface area contributed by atoms with Gasteiger partial charge in [0.1, 0.15) is 36.6 Å². The average molecular weight is 538 g/mol. The van der Waals surface area contributed by atoms with Gasteiger partial charge in [-0.15, -0.1) is 0 Å². The molecule has 0 amide bonds. The Balaban J connectivity index is 2.24. The van der Waals surface area contributed by atoms with E-state index in [1.54, 1.807) is 0 Å². The summed E-state index contributed by atoms with van der Waals surface area (Å²) in [5.41, 5.74) is 0. The number of aliphatic hydroxyl groups is 2. The molecule has 0 bridgehead atoms. The van der Waals surface area contributed by atoms with Crippen LogP contribution in [0.25, 0.3) is 0 Å². The molecule has 0 aromatic rings. The lowest BCUT2D eigenvalue weighted by Crippen LogP contribution is -2.61. The van der Waals surface area contributed by atoms with Gasteiger partial charge in [0.15, 0.2) is 6.29 Å². The van der Waals surface area contributed by atoms with Crippen LogP contribution in [0.15, 0.2) is 0 Å². The molecule has 2 heterocycles. The second-order valence-corrected chi connectivity index (χ2v) is 12.7. The molecular formula is C10H21O15P3S2. The van der Waals surface area contributed by atoms with E-state index in [0.717, 1.165) is 0 Å². The quantitative estimate of drug-likeness (QED) is 0.117. The van der Waals surface area contributed by atoms with Gasteiger partial charge < -0.3 is 48.9 Å². The van der Waals surface area contributed by atoms with Crippen molar-refractivity contribution in [2.45, 2.75) is 42.9 Å². The highest BCUT2D eigenvalue weighted by atomic mass is 32.7. The lowest BCUT2D eigenvalue weighted by Gasteiger charge is -2.44. The average Bonchev–Trinajstić information content (AvgIpc) is 2.96. The molecule has 7 N–H and O–H groups in total. The summed E-state index contributed by atoms with van der Waals surface area (Å²) >= 11 is 7.69. The van der Waals surface area contributed by atoms with E-state index in [1.807, 2.05) is 0 Å². The maximum absolute atomic E-state index is 11.5. The summed E-state index contributed by atoms with van der Waals surface area (Å²) in [6, 6.07) is 0. The van der Waals surface area contributed by atoms with Crippen molar-refractivity contribution in [2.24, 2.45) is 0 Å². The molecule has 0 aromatic carbocycles. The highest BCUT2D eigenvalue weighted by Crippen LogP contribution is 2.52. The number of ether oxygens (including phenoxy) is 3. The molecule has 0 spiro atoms. The van der Waals surface area contributed by atoms with Crippen LogP contribution in [0.4, 0.5) is 0 Å². The highest BCUT2D eigenvalue weighted by molar-refractivity contribution is 8.44. The largest absolute Gasteiger partial charge is 0.470 e. The Hall–Kier alpha value is 0.940. The van der Waals surface area contributed by atoms with Crippen molar-refractivity contribution in [1.29, 1.82) is 0 Å². The number of hydrogen-bond donors (Lipinski definition) is 8. The molecule has 20 heteroatoms. The van der Waals surface area contributed by atoms with Gasteiger partial charge in [-0.3, -0.25) is 13.6 Å². The number of phosphoric ester groups is 1. The number of rotatable bonds is 9. The molecule has 2 aliphatic rings. The minimum Gasteiger partial charge on any atom is -0.394 e. The molecule has 2 saturated heterocycles. The fourth-order valence-corrected chi connectivity index (χ4v) is 5.12. The van der Waals surface area contributed by atoms with Crippen molar-refractivity contribution in [3.05, 3.63) is 0 Å². The van der Waals surface area contributed by atoms with Gasteiger partial charge in [-0.1, -0.05) is 12.2 Å². The predicted molar refractivity (Wildman–Crippen MR) is 102 cm³/mol. The lowest BCUT2D eigenvalue weighted by atomic mass is 9.99. The molecule has 178 valence electrons. The first kappa shape index (κ1) is 27.2. The molecular weight excluding hydrogens is 517 g/mol. The van der Waals surface area contributed by atoms with Crippen LogP contribution >= 0.6 is 33.6 Å². The van der Waals surface area contributed by atoms with Crippen LogP contribution < -0.4 is 0 Å². The maximum Gasteiger partial charge on any atom is 0.470 e. The first-order chi connectivity index (χ1) is 13.6. The summed E-state index contributed by atoms with van der Waals surface area (Å²) in [5, 5.41) is 20.1. The van der Waals surface area contributed by atoms with Gasteiger partial charge in [-0.05, 0) is 11.8 Å². The zero-order valence-corrected chi connectivity index (χ0v) is 19.2. The van der Waals surface area contributed by atoms with Crippen molar-refractivity contribution in [3.8, 4) is 0 Å². The summed E-state index contributed by atoms with van der Waals surface area (Å²) in [6.07, 6.45) is -11.1. The first-order valence-corrected chi connectivity index (χ1v) is 14.9. The normalized spacial score (nSPS) is 37.8. The van der Waals surface area contributed by atoms with E-state index in [0.29, 0.717) is 0 Å². The number of thiol groups is 1. The molecule has 0 aromatic heterocycles. The smallest absolute Gasteiger partial charge is 0.394 e. The Labute approximate surface area is 180 Å². The standard InChI is InChI=1S/C10H21O15P3S2/c11-1-4-8(24-27(16,17)29)9(25-28(18,19)30)7(12)10(21-4)22-5-2-20-3-6(5)23-26(13,14)15/h4-12H,1-3H2,(H2,13,14,15)(H2,16,17,29)(H2,18,19,30)/t4-,5-,6+,7-,8-,9-,10-/m1/s1. The summed E-state index contributed by atoms with van der Waals surface area (Å²) in [5.74, 6) is 0. The third-order valence-electron chi connectivity index (χ3n) is 3.87. The molecule has 2 rings (SSSR count). The van der Waals surface area contributed by atoms with Crippen LogP contribution in [0.3, 0.4) is 0 Å². The van der Waals surface area contributed by atoms with Crippen LogP contribution in [-0.4, -0.2) is 97.4 Å². The van der Waals surface area contributed by atoms with Crippen LogP contribution in [-0.2, 0) is 48.7 Å². The van der Waals surface area contributed by atoms with Crippen LogP contribution in [0.1, 0.15) is 0 Å². The first-order valence-electron chi connectivity index (χ1n) is 7.99. The second-order valence-electron chi connectivity index (χ2n) is 6.18. The third kappa shape index (κ3) is 8.37. The number of aliphatic hydroxyl groups excluding tert-OH is 2. The molecule has 0 aliphatic carbocycles. The maximum atomic E-state index is 11.5. The SMILES string of the molecule is O=P(O)(O)O[C@H]1COC[C@H]1O[C@H]1O[C@H](CO)[C@@H](OP(=O)(O)S)[C@H](OP(O)(O)=S)[C@H]1O. The topological polar surface area (TPSA) is 231 Å². The number of hydrogen-bond acceptors (Lipinski definition) is 11.